The highest BCUT2D eigenvalue weighted by molar-refractivity contribution is 7.84. The Morgan fingerprint density at radius 2 is 2.19 bits per heavy atom. The maximum Gasteiger partial charge on any atom is 0.287 e. The van der Waals surface area contributed by atoms with Crippen LogP contribution in [0, 0.1) is 11.6 Å². The summed E-state index contributed by atoms with van der Waals surface area (Å²) in [4.78, 5) is 3.68. The van der Waals surface area contributed by atoms with Gasteiger partial charge in [0.15, 0.2) is 0 Å². The first kappa shape index (κ1) is 10.9. The van der Waals surface area contributed by atoms with Crippen LogP contribution in [0.3, 0.4) is 0 Å². The molecule has 0 aliphatic carbocycles. The number of rotatable bonds is 3. The normalized spacial score (nSPS) is 12.6. The second kappa shape index (κ2) is 4.52. The Morgan fingerprint density at radius 3 is 2.88 bits per heavy atom. The third-order valence-electron chi connectivity index (χ3n) is 1.90. The van der Waals surface area contributed by atoms with Gasteiger partial charge in [0.2, 0.25) is 0 Å². The Kier molecular flexibility index (Phi) is 3.09. The lowest BCUT2D eigenvalue weighted by atomic mass is 10.2. The summed E-state index contributed by atoms with van der Waals surface area (Å²) >= 11 is 0. The fourth-order valence-electron chi connectivity index (χ4n) is 1.18. The smallest absolute Gasteiger partial charge is 0.287 e. The number of aromatic nitrogens is 1. The quantitative estimate of drug-likeness (QED) is 0.830. The molecule has 3 nitrogen and oxygen atoms in total. The molecule has 1 aromatic heterocycles. The topological polar surface area (TPSA) is 43.1 Å². The zero-order chi connectivity index (χ0) is 11.5. The molecule has 0 aliphatic rings. The highest BCUT2D eigenvalue weighted by atomic mass is 32.2. The van der Waals surface area contributed by atoms with E-state index >= 15 is 0 Å². The number of hydrogen-bond donors (Lipinski definition) is 0. The van der Waals surface area contributed by atoms with Crippen molar-refractivity contribution in [3.63, 3.8) is 0 Å². The van der Waals surface area contributed by atoms with Crippen LogP contribution in [0.5, 0.6) is 0 Å². The van der Waals surface area contributed by atoms with E-state index in [0.29, 0.717) is 0 Å². The molecule has 0 spiro atoms. The second-order valence-electron chi connectivity index (χ2n) is 3.02. The van der Waals surface area contributed by atoms with Gasteiger partial charge in [-0.1, -0.05) is 0 Å². The average molecular weight is 243 g/mol. The lowest BCUT2D eigenvalue weighted by molar-refractivity contribution is 0.444. The molecule has 2 aromatic rings. The molecule has 0 saturated carbocycles. The predicted octanol–water partition coefficient (Wildman–Crippen LogP) is 2.26. The summed E-state index contributed by atoms with van der Waals surface area (Å²) in [7, 11) is -1.61. The largest absolute Gasteiger partial charge is 0.438 e. The van der Waals surface area contributed by atoms with Crippen molar-refractivity contribution in [2.24, 2.45) is 0 Å². The van der Waals surface area contributed by atoms with Crippen LogP contribution in [0.15, 0.2) is 40.3 Å². The van der Waals surface area contributed by atoms with Crippen LogP contribution >= 0.6 is 0 Å². The van der Waals surface area contributed by atoms with E-state index in [9.17, 15) is 13.0 Å². The summed E-state index contributed by atoms with van der Waals surface area (Å²) in [6.45, 7) is 0. The van der Waals surface area contributed by atoms with Crippen molar-refractivity contribution in [2.45, 2.75) is 11.0 Å². The van der Waals surface area contributed by atoms with Crippen molar-refractivity contribution in [1.29, 1.82) is 0 Å². The van der Waals surface area contributed by atoms with Crippen LogP contribution < -0.4 is 0 Å². The van der Waals surface area contributed by atoms with E-state index in [-0.39, 0.29) is 16.5 Å². The van der Waals surface area contributed by atoms with Crippen LogP contribution in [-0.2, 0) is 16.6 Å². The zero-order valence-electron chi connectivity index (χ0n) is 8.02. The van der Waals surface area contributed by atoms with Crippen molar-refractivity contribution in [3.8, 4) is 0 Å². The van der Waals surface area contributed by atoms with Gasteiger partial charge in [-0.3, -0.25) is 0 Å². The van der Waals surface area contributed by atoms with Gasteiger partial charge in [0.1, 0.15) is 28.7 Å². The van der Waals surface area contributed by atoms with Gasteiger partial charge in [-0.15, -0.1) is 0 Å². The summed E-state index contributed by atoms with van der Waals surface area (Å²) in [6, 6.07) is 3.01. The van der Waals surface area contributed by atoms with Gasteiger partial charge in [0, 0.05) is 5.56 Å². The Bertz CT molecular complexity index is 514. The van der Waals surface area contributed by atoms with Crippen LogP contribution in [0.2, 0.25) is 0 Å². The monoisotopic (exact) mass is 243 g/mol. The van der Waals surface area contributed by atoms with Crippen LogP contribution in [0.4, 0.5) is 8.78 Å². The third kappa shape index (κ3) is 2.33. The van der Waals surface area contributed by atoms with E-state index in [1.165, 1.54) is 12.5 Å². The molecule has 0 amide bonds. The Morgan fingerprint density at radius 1 is 1.38 bits per heavy atom. The van der Waals surface area contributed by atoms with Crippen molar-refractivity contribution in [1.82, 2.24) is 4.98 Å². The minimum Gasteiger partial charge on any atom is -0.438 e. The van der Waals surface area contributed by atoms with Crippen LogP contribution in [0.1, 0.15) is 5.56 Å². The minimum absolute atomic E-state index is 0.00339. The molecule has 16 heavy (non-hydrogen) atoms. The first-order valence-corrected chi connectivity index (χ1v) is 5.70. The van der Waals surface area contributed by atoms with Crippen molar-refractivity contribution in [3.05, 3.63) is 47.9 Å². The van der Waals surface area contributed by atoms with Gasteiger partial charge in [-0.05, 0) is 18.2 Å². The molecule has 1 unspecified atom stereocenters. The lowest BCUT2D eigenvalue weighted by Gasteiger charge is -2.01. The van der Waals surface area contributed by atoms with Gasteiger partial charge in [0.25, 0.3) is 5.22 Å². The summed E-state index contributed by atoms with van der Waals surface area (Å²) in [5, 5.41) is 0.00339. The molecule has 1 aromatic carbocycles. The summed E-state index contributed by atoms with van der Waals surface area (Å²) in [6.07, 6.45) is 2.62. The summed E-state index contributed by atoms with van der Waals surface area (Å²) in [5.74, 6) is -1.33. The van der Waals surface area contributed by atoms with Crippen LogP contribution in [-0.4, -0.2) is 9.19 Å². The predicted molar refractivity (Wildman–Crippen MR) is 53.0 cm³/mol. The van der Waals surface area contributed by atoms with E-state index < -0.39 is 22.4 Å². The Hall–Kier alpha value is -1.56. The first-order valence-electron chi connectivity index (χ1n) is 4.38. The zero-order valence-corrected chi connectivity index (χ0v) is 8.84. The summed E-state index contributed by atoms with van der Waals surface area (Å²) < 4.78 is 42.5. The van der Waals surface area contributed by atoms with Crippen molar-refractivity contribution in [2.75, 3.05) is 0 Å². The van der Waals surface area contributed by atoms with E-state index in [4.69, 9.17) is 4.42 Å². The molecule has 2 rings (SSSR count). The molecule has 6 heteroatoms. The number of nitrogens with zero attached hydrogens (tertiary/aromatic N) is 1. The van der Waals surface area contributed by atoms with Gasteiger partial charge < -0.3 is 4.42 Å². The standard InChI is InChI=1S/C10H7F2NO2S/c11-8-1-2-9(12)7(5-8)6-16(14)10-13-3-4-15-10/h1-5H,6H2. The number of oxazole rings is 1. The van der Waals surface area contributed by atoms with Crippen molar-refractivity contribution < 1.29 is 17.4 Å². The molecule has 0 N–H and O–H groups in total. The average Bonchev–Trinajstić information content (AvgIpc) is 2.76. The first-order chi connectivity index (χ1) is 7.66. The van der Waals surface area contributed by atoms with E-state index in [2.05, 4.69) is 4.98 Å². The van der Waals surface area contributed by atoms with Gasteiger partial charge in [-0.25, -0.2) is 18.0 Å². The molecular weight excluding hydrogens is 236 g/mol. The lowest BCUT2D eigenvalue weighted by Crippen LogP contribution is -2.00. The van der Waals surface area contributed by atoms with Gasteiger partial charge in [0.05, 0.1) is 11.9 Å². The number of halogens is 2. The second-order valence-corrected chi connectivity index (χ2v) is 4.35. The van der Waals surface area contributed by atoms with Gasteiger partial charge >= 0.3 is 0 Å². The molecule has 1 heterocycles. The van der Waals surface area contributed by atoms with E-state index in [0.717, 1.165) is 18.2 Å². The molecular formula is C10H7F2NO2S. The van der Waals surface area contributed by atoms with E-state index in [1.807, 2.05) is 0 Å². The van der Waals surface area contributed by atoms with Gasteiger partial charge in [-0.2, -0.15) is 0 Å². The fraction of sp³-hybridized carbons (Fsp3) is 0.100. The highest BCUT2D eigenvalue weighted by Gasteiger charge is 2.13. The fourth-order valence-corrected chi connectivity index (χ4v) is 2.15. The van der Waals surface area contributed by atoms with E-state index in [1.54, 1.807) is 0 Å². The summed E-state index contributed by atoms with van der Waals surface area (Å²) in [5.41, 5.74) is 0.0385. The number of benzene rings is 1. The highest BCUT2D eigenvalue weighted by Crippen LogP contribution is 2.15. The molecule has 0 radical (unpaired) electrons. The molecule has 1 atom stereocenters. The Balaban J connectivity index is 2.21. The number of hydrogen-bond acceptors (Lipinski definition) is 3. The molecule has 0 bridgehead atoms. The SMILES string of the molecule is O=S(Cc1cc(F)ccc1F)c1ncco1. The molecule has 84 valence electrons. The van der Waals surface area contributed by atoms with Crippen LogP contribution in [0.25, 0.3) is 0 Å². The third-order valence-corrected chi connectivity index (χ3v) is 3.06. The maximum absolute atomic E-state index is 13.2. The molecule has 0 saturated heterocycles. The minimum atomic E-state index is -1.61. The molecule has 0 aliphatic heterocycles. The Labute approximate surface area is 92.6 Å². The molecule has 0 fully saturated rings. The maximum atomic E-state index is 13.2. The van der Waals surface area contributed by atoms with Crippen molar-refractivity contribution >= 4 is 10.8 Å².